The summed E-state index contributed by atoms with van der Waals surface area (Å²) in [4.78, 5) is 1.39. The summed E-state index contributed by atoms with van der Waals surface area (Å²) in [5.74, 6) is 0. The molecule has 0 fully saturated rings. The average Bonchev–Trinajstić information content (AvgIpc) is 2.59. The summed E-state index contributed by atoms with van der Waals surface area (Å²) < 4.78 is 2.31. The molecule has 0 aromatic heterocycles. The first kappa shape index (κ1) is 12.2. The van der Waals surface area contributed by atoms with Crippen molar-refractivity contribution in [2.75, 3.05) is 13.1 Å². The zero-order valence-corrected chi connectivity index (χ0v) is 11.9. The van der Waals surface area contributed by atoms with E-state index in [1.54, 1.807) is 0 Å². The molecule has 1 aliphatic carbocycles. The molecule has 2 rings (SSSR count). The van der Waals surface area contributed by atoms with Crippen LogP contribution in [0.5, 0.6) is 0 Å². The summed E-state index contributed by atoms with van der Waals surface area (Å²) in [6.07, 6.45) is 14.5. The third kappa shape index (κ3) is 4.04. The van der Waals surface area contributed by atoms with Gasteiger partial charge in [0, 0.05) is 4.91 Å². The number of hydrogen-bond acceptors (Lipinski definition) is 2. The minimum atomic E-state index is 0. The van der Waals surface area contributed by atoms with Gasteiger partial charge in [-0.05, 0) is 31.3 Å². The van der Waals surface area contributed by atoms with Crippen molar-refractivity contribution < 1.29 is 51.4 Å². The van der Waals surface area contributed by atoms with E-state index in [1.807, 2.05) is 11.9 Å². The summed E-state index contributed by atoms with van der Waals surface area (Å²) in [6, 6.07) is 0. The molecule has 1 nitrogen and oxygen atoms in total. The predicted octanol–water partition coefficient (Wildman–Crippen LogP) is -0.453. The summed E-state index contributed by atoms with van der Waals surface area (Å²) in [6.45, 7) is 2.01. The van der Waals surface area contributed by atoms with Crippen molar-refractivity contribution in [1.29, 1.82) is 0 Å². The van der Waals surface area contributed by atoms with Crippen molar-refractivity contribution in [3.63, 3.8) is 0 Å². The van der Waals surface area contributed by atoms with Crippen LogP contribution in [0.2, 0.25) is 0 Å². The Hall–Kier alpha value is 1.17. The van der Waals surface area contributed by atoms with Crippen molar-refractivity contribution in [3.8, 4) is 0 Å². The van der Waals surface area contributed by atoms with E-state index in [0.29, 0.717) is 0 Å². The Morgan fingerprint density at radius 2 is 2.31 bits per heavy atom. The van der Waals surface area contributed by atoms with Gasteiger partial charge in [0.25, 0.3) is 0 Å². The van der Waals surface area contributed by atoms with E-state index in [-0.39, 0.29) is 51.4 Å². The maximum atomic E-state index is 3.19. The van der Waals surface area contributed by atoms with Gasteiger partial charge in [-0.1, -0.05) is 18.2 Å². The first-order valence-corrected chi connectivity index (χ1v) is 5.07. The van der Waals surface area contributed by atoms with Gasteiger partial charge in [-0.2, -0.15) is 0 Å². The van der Waals surface area contributed by atoms with Crippen LogP contribution in [0.15, 0.2) is 29.2 Å². The predicted molar refractivity (Wildman–Crippen MR) is 53.4 cm³/mol. The van der Waals surface area contributed by atoms with E-state index in [1.165, 1.54) is 17.7 Å². The van der Waals surface area contributed by atoms with Crippen LogP contribution >= 0.6 is 11.9 Å². The second-order valence-corrected chi connectivity index (χ2v) is 4.08. The fourth-order valence-electron chi connectivity index (χ4n) is 1.27. The molecule has 13 heavy (non-hydrogen) atoms. The van der Waals surface area contributed by atoms with Crippen molar-refractivity contribution in [2.45, 2.75) is 12.8 Å². The molecular formula is C10H12KNS. The molecule has 3 heteroatoms. The number of hydrogen-bond donors (Lipinski definition) is 0. The molecule has 0 spiro atoms. The van der Waals surface area contributed by atoms with Crippen LogP contribution in [0.4, 0.5) is 0 Å². The van der Waals surface area contributed by atoms with Gasteiger partial charge >= 0.3 is 51.4 Å². The average molecular weight is 217 g/mol. The van der Waals surface area contributed by atoms with Gasteiger partial charge in [-0.3, -0.25) is 10.4 Å². The normalized spacial score (nSPS) is 21.4. The van der Waals surface area contributed by atoms with Crippen LogP contribution in [0.3, 0.4) is 0 Å². The Balaban J connectivity index is 0.000000845. The third-order valence-electron chi connectivity index (χ3n) is 1.90. The van der Waals surface area contributed by atoms with Gasteiger partial charge in [-0.15, -0.1) is 6.54 Å². The molecule has 0 aromatic carbocycles. The SMILES string of the molecule is [C-]1=CCN(SC2=CCCC=C2)C1.[K+]. The fourth-order valence-corrected chi connectivity index (χ4v) is 2.21. The number of rotatable bonds is 2. The molecule has 0 unspecified atom stereocenters. The summed E-state index contributed by atoms with van der Waals surface area (Å²) in [7, 11) is 0. The minimum absolute atomic E-state index is 0. The van der Waals surface area contributed by atoms with Crippen LogP contribution in [0.25, 0.3) is 0 Å². The molecule has 64 valence electrons. The van der Waals surface area contributed by atoms with Gasteiger partial charge in [0.15, 0.2) is 0 Å². The summed E-state index contributed by atoms with van der Waals surface area (Å²) in [5, 5.41) is 0. The van der Waals surface area contributed by atoms with Crippen molar-refractivity contribution >= 4 is 11.9 Å². The topological polar surface area (TPSA) is 3.24 Å². The Kier molecular flexibility index (Phi) is 6.23. The molecule has 2 aliphatic rings. The molecule has 0 bridgehead atoms. The summed E-state index contributed by atoms with van der Waals surface area (Å²) >= 11 is 1.84. The van der Waals surface area contributed by atoms with E-state index in [9.17, 15) is 0 Å². The van der Waals surface area contributed by atoms with Crippen molar-refractivity contribution in [1.82, 2.24) is 4.31 Å². The Morgan fingerprint density at radius 1 is 1.38 bits per heavy atom. The van der Waals surface area contributed by atoms with Gasteiger partial charge in [0.1, 0.15) is 0 Å². The van der Waals surface area contributed by atoms with E-state index < -0.39 is 0 Å². The second kappa shape index (κ2) is 6.61. The molecule has 1 aliphatic heterocycles. The molecule has 0 saturated carbocycles. The maximum Gasteiger partial charge on any atom is 1.00 e. The number of nitrogens with zero attached hydrogens (tertiary/aromatic N) is 1. The van der Waals surface area contributed by atoms with Crippen LogP contribution in [-0.2, 0) is 0 Å². The van der Waals surface area contributed by atoms with Gasteiger partial charge in [0.05, 0.1) is 0 Å². The van der Waals surface area contributed by atoms with Crippen molar-refractivity contribution in [3.05, 3.63) is 35.3 Å². The second-order valence-electron chi connectivity index (χ2n) is 2.91. The quantitative estimate of drug-likeness (QED) is 0.350. The standard InChI is InChI=1S/C10H12NS.K/c1-2-6-10(7-3-1)12-11-8-4-5-9-11;/h2,4,6-7H,1,3,8-9H2;/q-1;+1. The van der Waals surface area contributed by atoms with Crippen LogP contribution in [-0.4, -0.2) is 17.4 Å². The minimum Gasteiger partial charge on any atom is -0.484 e. The van der Waals surface area contributed by atoms with Gasteiger partial charge < -0.3 is 6.08 Å². The molecular weight excluding hydrogens is 205 g/mol. The zero-order chi connectivity index (χ0) is 8.23. The van der Waals surface area contributed by atoms with Crippen LogP contribution < -0.4 is 51.4 Å². The molecule has 0 amide bonds. The smallest absolute Gasteiger partial charge is 0.484 e. The zero-order valence-electron chi connectivity index (χ0n) is 7.99. The Labute approximate surface area is 127 Å². The van der Waals surface area contributed by atoms with E-state index in [4.69, 9.17) is 0 Å². The molecule has 0 saturated heterocycles. The Morgan fingerprint density at radius 3 is 2.92 bits per heavy atom. The van der Waals surface area contributed by atoms with E-state index in [0.717, 1.165) is 13.1 Å². The van der Waals surface area contributed by atoms with Gasteiger partial charge in [-0.25, -0.2) is 0 Å². The first-order valence-electron chi connectivity index (χ1n) is 4.30. The van der Waals surface area contributed by atoms with E-state index in [2.05, 4.69) is 34.7 Å². The molecule has 1 heterocycles. The first-order chi connectivity index (χ1) is 5.95. The maximum absolute atomic E-state index is 3.19. The number of allylic oxidation sites excluding steroid dienone is 3. The van der Waals surface area contributed by atoms with Crippen LogP contribution in [0, 0.1) is 6.08 Å². The summed E-state index contributed by atoms with van der Waals surface area (Å²) in [5.41, 5.74) is 0. The van der Waals surface area contributed by atoms with Gasteiger partial charge in [0.2, 0.25) is 0 Å². The molecule has 0 aromatic rings. The monoisotopic (exact) mass is 217 g/mol. The van der Waals surface area contributed by atoms with Crippen LogP contribution in [0.1, 0.15) is 12.8 Å². The third-order valence-corrected chi connectivity index (χ3v) is 2.95. The van der Waals surface area contributed by atoms with E-state index >= 15 is 0 Å². The largest absolute Gasteiger partial charge is 1.00 e. The molecule has 0 atom stereocenters. The molecule has 0 radical (unpaired) electrons. The van der Waals surface area contributed by atoms with Crippen molar-refractivity contribution in [2.24, 2.45) is 0 Å². The fraction of sp³-hybridized carbons (Fsp3) is 0.400. The Bertz CT molecular complexity index is 237. The molecule has 0 N–H and O–H groups in total.